The zero-order valence-electron chi connectivity index (χ0n) is 20.7. The van der Waals surface area contributed by atoms with Gasteiger partial charge in [0.05, 0.1) is 12.1 Å². The number of likely N-dealkylation sites (N-methyl/N-ethyl adjacent to an activating group) is 1. The van der Waals surface area contributed by atoms with Crippen LogP contribution in [0.2, 0.25) is 0 Å². The monoisotopic (exact) mass is 516 g/mol. The Bertz CT molecular complexity index is 1380. The standard InChI is InChI=1S/C25H28N10OS/c1-16-3-4-18(11-19(16)31-25-32-20(15-37-25)23-27-6-5-21(26)33-23)30-24(36)17-12-28-22(29-13-17)14-35-9-7-34(2)8-10-35/h3-6,11-13,15H,7-10,14H2,1-2H3,(H,30,36)(H,31,32)(H2,26,27,33). The van der Waals surface area contributed by atoms with Crippen LogP contribution in [-0.4, -0.2) is 73.9 Å². The summed E-state index contributed by atoms with van der Waals surface area (Å²) in [6.07, 6.45) is 4.76. The number of amides is 1. The predicted molar refractivity (Wildman–Crippen MR) is 145 cm³/mol. The fourth-order valence-electron chi connectivity index (χ4n) is 3.84. The molecule has 1 aromatic carbocycles. The maximum Gasteiger partial charge on any atom is 0.258 e. The van der Waals surface area contributed by atoms with E-state index in [1.807, 2.05) is 30.5 Å². The average Bonchev–Trinajstić information content (AvgIpc) is 3.36. The third-order valence-electron chi connectivity index (χ3n) is 6.08. The molecule has 0 radical (unpaired) electrons. The number of anilines is 4. The fraction of sp³-hybridized carbons (Fsp3) is 0.280. The van der Waals surface area contributed by atoms with Crippen molar-refractivity contribution in [2.24, 2.45) is 0 Å². The summed E-state index contributed by atoms with van der Waals surface area (Å²) in [5.41, 5.74) is 9.28. The van der Waals surface area contributed by atoms with E-state index < -0.39 is 0 Å². The summed E-state index contributed by atoms with van der Waals surface area (Å²) in [6, 6.07) is 7.29. The number of piperazine rings is 1. The Hall–Kier alpha value is -4.00. The summed E-state index contributed by atoms with van der Waals surface area (Å²) in [5.74, 6) is 1.31. The Balaban J connectivity index is 1.22. The van der Waals surface area contributed by atoms with E-state index in [-0.39, 0.29) is 5.91 Å². The Labute approximate surface area is 218 Å². The maximum absolute atomic E-state index is 12.8. The van der Waals surface area contributed by atoms with E-state index >= 15 is 0 Å². The molecule has 4 heterocycles. The number of hydrogen-bond acceptors (Lipinski definition) is 11. The van der Waals surface area contributed by atoms with Crippen molar-refractivity contribution >= 4 is 39.6 Å². The molecule has 4 aromatic rings. The molecule has 1 fully saturated rings. The maximum atomic E-state index is 12.8. The van der Waals surface area contributed by atoms with Crippen LogP contribution in [0.3, 0.4) is 0 Å². The van der Waals surface area contributed by atoms with Crippen molar-refractivity contribution in [2.75, 3.05) is 49.6 Å². The lowest BCUT2D eigenvalue weighted by Gasteiger charge is -2.31. The van der Waals surface area contributed by atoms with Gasteiger partial charge in [-0.15, -0.1) is 11.3 Å². The lowest BCUT2D eigenvalue weighted by atomic mass is 10.1. The highest BCUT2D eigenvalue weighted by atomic mass is 32.1. The second kappa shape index (κ2) is 10.9. The molecule has 0 saturated carbocycles. The van der Waals surface area contributed by atoms with Gasteiger partial charge in [0.15, 0.2) is 11.0 Å². The number of thiazole rings is 1. The van der Waals surface area contributed by atoms with Crippen LogP contribution in [0.5, 0.6) is 0 Å². The summed E-state index contributed by atoms with van der Waals surface area (Å²) in [5, 5.41) is 8.79. The van der Waals surface area contributed by atoms with E-state index in [0.29, 0.717) is 46.1 Å². The molecule has 0 unspecified atom stereocenters. The predicted octanol–water partition coefficient (Wildman–Crippen LogP) is 3.02. The van der Waals surface area contributed by atoms with Crippen molar-refractivity contribution in [3.63, 3.8) is 0 Å². The van der Waals surface area contributed by atoms with Crippen molar-refractivity contribution in [1.29, 1.82) is 0 Å². The number of nitrogen functional groups attached to an aromatic ring is 1. The molecule has 0 bridgehead atoms. The van der Waals surface area contributed by atoms with Gasteiger partial charge in [0.25, 0.3) is 5.91 Å². The number of aromatic nitrogens is 5. The Morgan fingerprint density at radius 1 is 1.08 bits per heavy atom. The topological polar surface area (TPSA) is 138 Å². The Morgan fingerprint density at radius 2 is 1.86 bits per heavy atom. The quantitative estimate of drug-likeness (QED) is 0.336. The minimum absolute atomic E-state index is 0.267. The molecule has 11 nitrogen and oxygen atoms in total. The Kier molecular flexibility index (Phi) is 7.30. The van der Waals surface area contributed by atoms with Crippen molar-refractivity contribution in [3.05, 3.63) is 65.2 Å². The molecule has 37 heavy (non-hydrogen) atoms. The first-order chi connectivity index (χ1) is 17.9. The van der Waals surface area contributed by atoms with Crippen molar-refractivity contribution in [1.82, 2.24) is 34.7 Å². The van der Waals surface area contributed by atoms with Gasteiger partial charge in [-0.2, -0.15) is 0 Å². The number of benzene rings is 1. The van der Waals surface area contributed by atoms with Crippen LogP contribution >= 0.6 is 11.3 Å². The molecule has 1 aliphatic heterocycles. The molecular weight excluding hydrogens is 488 g/mol. The molecule has 5 rings (SSSR count). The van der Waals surface area contributed by atoms with Gasteiger partial charge in [0.2, 0.25) is 0 Å². The fourth-order valence-corrected chi connectivity index (χ4v) is 4.54. The minimum atomic E-state index is -0.267. The third kappa shape index (κ3) is 6.23. The Morgan fingerprint density at radius 3 is 2.62 bits per heavy atom. The van der Waals surface area contributed by atoms with Gasteiger partial charge < -0.3 is 21.3 Å². The van der Waals surface area contributed by atoms with Gasteiger partial charge in [-0.1, -0.05) is 6.07 Å². The molecule has 0 spiro atoms. The zero-order chi connectivity index (χ0) is 25.8. The van der Waals surface area contributed by atoms with Gasteiger partial charge in [-0.3, -0.25) is 9.69 Å². The van der Waals surface area contributed by atoms with Gasteiger partial charge in [0, 0.05) is 61.5 Å². The van der Waals surface area contributed by atoms with E-state index in [4.69, 9.17) is 5.73 Å². The van der Waals surface area contributed by atoms with Crippen LogP contribution in [-0.2, 0) is 6.54 Å². The summed E-state index contributed by atoms with van der Waals surface area (Å²) >= 11 is 1.43. The molecule has 1 aliphatic rings. The number of carbonyl (C=O) groups is 1. The summed E-state index contributed by atoms with van der Waals surface area (Å²) in [4.78, 5) is 39.3. The molecule has 0 atom stereocenters. The molecular formula is C25H28N10OS. The van der Waals surface area contributed by atoms with Gasteiger partial charge >= 0.3 is 0 Å². The van der Waals surface area contributed by atoms with E-state index in [9.17, 15) is 4.79 Å². The number of aryl methyl sites for hydroxylation is 1. The highest BCUT2D eigenvalue weighted by Crippen LogP contribution is 2.29. The third-order valence-corrected chi connectivity index (χ3v) is 6.83. The molecule has 4 N–H and O–H groups in total. The summed E-state index contributed by atoms with van der Waals surface area (Å²) in [7, 11) is 2.13. The molecule has 3 aromatic heterocycles. The first kappa shape index (κ1) is 24.7. The van der Waals surface area contributed by atoms with E-state index in [0.717, 1.165) is 37.4 Å². The van der Waals surface area contributed by atoms with Gasteiger partial charge in [-0.05, 0) is 37.7 Å². The average molecular weight is 517 g/mol. The molecule has 0 aliphatic carbocycles. The highest BCUT2D eigenvalue weighted by Gasteiger charge is 2.16. The molecule has 12 heteroatoms. The smallest absolute Gasteiger partial charge is 0.258 e. The van der Waals surface area contributed by atoms with E-state index in [1.54, 1.807) is 24.7 Å². The van der Waals surface area contributed by atoms with Crippen LogP contribution < -0.4 is 16.4 Å². The van der Waals surface area contributed by atoms with Gasteiger partial charge in [0.1, 0.15) is 17.3 Å². The normalized spacial score (nSPS) is 14.4. The second-order valence-electron chi connectivity index (χ2n) is 8.92. The largest absolute Gasteiger partial charge is 0.384 e. The number of hydrogen-bond donors (Lipinski definition) is 3. The first-order valence-corrected chi connectivity index (χ1v) is 12.8. The van der Waals surface area contributed by atoms with Crippen LogP contribution in [0.4, 0.5) is 22.3 Å². The summed E-state index contributed by atoms with van der Waals surface area (Å²) in [6.45, 7) is 6.72. The van der Waals surface area contributed by atoms with Crippen LogP contribution in [0.25, 0.3) is 11.5 Å². The van der Waals surface area contributed by atoms with E-state index in [2.05, 4.69) is 52.4 Å². The molecule has 1 amide bonds. The van der Waals surface area contributed by atoms with Gasteiger partial charge in [-0.25, -0.2) is 24.9 Å². The van der Waals surface area contributed by atoms with Crippen LogP contribution in [0.1, 0.15) is 21.7 Å². The number of rotatable bonds is 7. The first-order valence-electron chi connectivity index (χ1n) is 11.9. The highest BCUT2D eigenvalue weighted by molar-refractivity contribution is 7.14. The number of nitrogens with zero attached hydrogens (tertiary/aromatic N) is 7. The number of nitrogens with one attached hydrogen (secondary N) is 2. The lowest BCUT2D eigenvalue weighted by molar-refractivity contribution is 0.102. The van der Waals surface area contributed by atoms with Crippen molar-refractivity contribution in [3.8, 4) is 11.5 Å². The second-order valence-corrected chi connectivity index (χ2v) is 9.78. The molecule has 1 saturated heterocycles. The number of nitrogens with two attached hydrogens (primary N) is 1. The number of carbonyl (C=O) groups excluding carboxylic acids is 1. The van der Waals surface area contributed by atoms with Crippen LogP contribution in [0, 0.1) is 6.92 Å². The van der Waals surface area contributed by atoms with Crippen LogP contribution in [0.15, 0.2) is 48.2 Å². The summed E-state index contributed by atoms with van der Waals surface area (Å²) < 4.78 is 0. The van der Waals surface area contributed by atoms with E-state index in [1.165, 1.54) is 11.3 Å². The van der Waals surface area contributed by atoms with Crippen molar-refractivity contribution < 1.29 is 4.79 Å². The zero-order valence-corrected chi connectivity index (χ0v) is 21.5. The SMILES string of the molecule is Cc1ccc(NC(=O)c2cnc(CN3CCN(C)CC3)nc2)cc1Nc1nc(-c2nccc(N)n2)cs1. The lowest BCUT2D eigenvalue weighted by Crippen LogP contribution is -2.44. The molecule has 190 valence electrons. The van der Waals surface area contributed by atoms with Crippen molar-refractivity contribution in [2.45, 2.75) is 13.5 Å². The minimum Gasteiger partial charge on any atom is -0.384 e.